The average Bonchev–Trinajstić information content (AvgIpc) is 3.37. The third kappa shape index (κ3) is 5.04. The summed E-state index contributed by atoms with van der Waals surface area (Å²) < 4.78 is 0. The van der Waals surface area contributed by atoms with E-state index in [-0.39, 0.29) is 30.5 Å². The molecular formula is C29H35N3O2. The topological polar surface area (TPSA) is 56.7 Å². The van der Waals surface area contributed by atoms with Crippen molar-refractivity contribution in [1.29, 1.82) is 0 Å². The zero-order chi connectivity index (χ0) is 23.3. The highest BCUT2D eigenvalue weighted by molar-refractivity contribution is 5.78. The van der Waals surface area contributed by atoms with Crippen molar-refractivity contribution in [2.75, 3.05) is 26.2 Å². The quantitative estimate of drug-likeness (QED) is 0.713. The number of fused-ring (bicyclic) bond motifs is 1. The van der Waals surface area contributed by atoms with Crippen LogP contribution in [0, 0.1) is 17.8 Å². The van der Waals surface area contributed by atoms with Crippen LogP contribution in [0.5, 0.6) is 0 Å². The lowest BCUT2D eigenvalue weighted by molar-refractivity contribution is -0.135. The Kier molecular flexibility index (Phi) is 7.27. The van der Waals surface area contributed by atoms with Crippen LogP contribution in [0.1, 0.15) is 61.1 Å². The normalized spacial score (nSPS) is 25.4. The summed E-state index contributed by atoms with van der Waals surface area (Å²) in [5.74, 6) is 7.77. The Morgan fingerprint density at radius 2 is 1.85 bits per heavy atom. The first-order valence-corrected chi connectivity index (χ1v) is 12.9. The monoisotopic (exact) mass is 457 g/mol. The van der Waals surface area contributed by atoms with Crippen LogP contribution < -0.4 is 0 Å². The second-order valence-corrected chi connectivity index (χ2v) is 10.0. The summed E-state index contributed by atoms with van der Waals surface area (Å²) in [6.45, 7) is 2.65. The summed E-state index contributed by atoms with van der Waals surface area (Å²) in [6.07, 6.45) is 11.0. The Morgan fingerprint density at radius 3 is 2.59 bits per heavy atom. The zero-order valence-corrected chi connectivity index (χ0v) is 19.9. The van der Waals surface area contributed by atoms with Crippen LogP contribution in [0.15, 0.2) is 48.8 Å². The fourth-order valence-electron chi connectivity index (χ4n) is 6.00. The number of nitrogens with zero attached hydrogens (tertiary/aromatic N) is 3. The Hall–Kier alpha value is -2.68. The first kappa shape index (κ1) is 23.1. The molecule has 178 valence electrons. The summed E-state index contributed by atoms with van der Waals surface area (Å²) in [4.78, 5) is 21.7. The number of benzene rings is 1. The number of carbonyl (C=O) groups excluding carboxylic acids is 1. The number of pyridine rings is 1. The zero-order valence-electron chi connectivity index (χ0n) is 19.9. The number of aliphatic hydroxyl groups is 1. The number of carbonyl (C=O) groups is 1. The maximum atomic E-state index is 13.1. The van der Waals surface area contributed by atoms with Gasteiger partial charge in [-0.1, -0.05) is 42.9 Å². The van der Waals surface area contributed by atoms with Crippen molar-refractivity contribution in [2.24, 2.45) is 5.92 Å². The summed E-state index contributed by atoms with van der Waals surface area (Å²) >= 11 is 0. The van der Waals surface area contributed by atoms with Gasteiger partial charge in [0.25, 0.3) is 0 Å². The third-order valence-electron chi connectivity index (χ3n) is 7.87. The minimum atomic E-state index is 0.119. The van der Waals surface area contributed by atoms with Gasteiger partial charge in [0.15, 0.2) is 0 Å². The molecule has 1 amide bonds. The number of hydrogen-bond donors (Lipinski definition) is 1. The summed E-state index contributed by atoms with van der Waals surface area (Å²) in [7, 11) is 0. The van der Waals surface area contributed by atoms with Gasteiger partial charge in [0.1, 0.15) is 0 Å². The van der Waals surface area contributed by atoms with Crippen LogP contribution in [-0.2, 0) is 11.2 Å². The lowest BCUT2D eigenvalue weighted by Gasteiger charge is -2.57. The second kappa shape index (κ2) is 10.7. The molecule has 34 heavy (non-hydrogen) atoms. The number of aliphatic hydroxyl groups excluding tert-OH is 1. The van der Waals surface area contributed by atoms with E-state index in [9.17, 15) is 9.90 Å². The number of aromatic nitrogens is 1. The number of hydrogen-bond acceptors (Lipinski definition) is 4. The van der Waals surface area contributed by atoms with Crippen LogP contribution >= 0.6 is 0 Å². The summed E-state index contributed by atoms with van der Waals surface area (Å²) in [6, 6.07) is 12.8. The molecule has 0 spiro atoms. The minimum absolute atomic E-state index is 0.119. The van der Waals surface area contributed by atoms with Crippen molar-refractivity contribution in [1.82, 2.24) is 14.8 Å². The van der Waals surface area contributed by atoms with E-state index in [1.165, 1.54) is 31.2 Å². The minimum Gasteiger partial charge on any atom is -0.395 e. The van der Waals surface area contributed by atoms with E-state index >= 15 is 0 Å². The van der Waals surface area contributed by atoms with Crippen molar-refractivity contribution in [2.45, 2.75) is 62.9 Å². The van der Waals surface area contributed by atoms with Gasteiger partial charge < -0.3 is 10.0 Å². The standard InChI is InChI=1S/C29H35N3O2/c33-21-27-29(25-13-11-23(12-14-25)10-9-22-6-1-2-7-22)26-20-31(16-3-4-17-32(26)27)28(34)18-24-8-5-15-30-19-24/h5,8,11-15,19,22,26-27,29,33H,1-4,6-7,16-18,20-21H2/t26-,27+,29+/m0/s1. The van der Waals surface area contributed by atoms with Gasteiger partial charge in [0.2, 0.25) is 5.91 Å². The van der Waals surface area contributed by atoms with Crippen molar-refractivity contribution >= 4 is 5.91 Å². The van der Waals surface area contributed by atoms with E-state index < -0.39 is 0 Å². The largest absolute Gasteiger partial charge is 0.395 e. The van der Waals surface area contributed by atoms with Gasteiger partial charge in [-0.2, -0.15) is 0 Å². The van der Waals surface area contributed by atoms with Gasteiger partial charge in [-0.05, 0) is 61.6 Å². The smallest absolute Gasteiger partial charge is 0.227 e. The van der Waals surface area contributed by atoms with Crippen LogP contribution in [-0.4, -0.2) is 64.1 Å². The molecule has 3 aliphatic rings. The van der Waals surface area contributed by atoms with Crippen molar-refractivity contribution in [3.63, 3.8) is 0 Å². The fourth-order valence-corrected chi connectivity index (χ4v) is 6.00. The Balaban J connectivity index is 1.30. The van der Waals surface area contributed by atoms with E-state index in [2.05, 4.69) is 46.0 Å². The van der Waals surface area contributed by atoms with E-state index in [0.717, 1.165) is 37.1 Å². The van der Waals surface area contributed by atoms with Gasteiger partial charge in [0.05, 0.1) is 13.0 Å². The summed E-state index contributed by atoms with van der Waals surface area (Å²) in [5.41, 5.74) is 3.27. The maximum absolute atomic E-state index is 13.1. The van der Waals surface area contributed by atoms with Crippen molar-refractivity contribution in [3.8, 4) is 11.8 Å². The lowest BCUT2D eigenvalue weighted by atomic mass is 9.74. The molecule has 0 unspecified atom stereocenters. The molecule has 5 heteroatoms. The molecule has 3 heterocycles. The Bertz CT molecular complexity index is 1020. The van der Waals surface area contributed by atoms with Gasteiger partial charge in [-0.25, -0.2) is 0 Å². The SMILES string of the molecule is O=C(Cc1cccnc1)N1CCCCN2[C@H](CO)[C@H](c3ccc(C#CC4CCCC4)cc3)[C@@H]2C1. The number of rotatable bonds is 4. The molecule has 3 atom stereocenters. The molecule has 2 saturated heterocycles. The molecule has 1 aromatic carbocycles. The lowest BCUT2D eigenvalue weighted by Crippen LogP contribution is -2.68. The Morgan fingerprint density at radius 1 is 1.06 bits per heavy atom. The number of amides is 1. The van der Waals surface area contributed by atoms with Gasteiger partial charge >= 0.3 is 0 Å². The molecule has 2 aliphatic heterocycles. The molecule has 2 aromatic rings. The van der Waals surface area contributed by atoms with Crippen molar-refractivity contribution in [3.05, 3.63) is 65.5 Å². The van der Waals surface area contributed by atoms with Crippen LogP contribution in [0.25, 0.3) is 0 Å². The molecule has 1 aromatic heterocycles. The van der Waals surface area contributed by atoms with Crippen molar-refractivity contribution < 1.29 is 9.90 Å². The van der Waals surface area contributed by atoms with Crippen LogP contribution in [0.4, 0.5) is 0 Å². The van der Waals surface area contributed by atoms with Gasteiger partial charge in [-0.15, -0.1) is 0 Å². The first-order chi connectivity index (χ1) is 16.7. The molecule has 0 bridgehead atoms. The molecule has 5 rings (SSSR count). The molecule has 5 nitrogen and oxygen atoms in total. The average molecular weight is 458 g/mol. The van der Waals surface area contributed by atoms with E-state index in [1.807, 2.05) is 17.0 Å². The molecule has 1 N–H and O–H groups in total. The molecule has 0 radical (unpaired) electrons. The highest BCUT2D eigenvalue weighted by Crippen LogP contribution is 2.42. The van der Waals surface area contributed by atoms with E-state index in [1.54, 1.807) is 12.4 Å². The predicted octanol–water partition coefficient (Wildman–Crippen LogP) is 3.62. The molecule has 1 aliphatic carbocycles. The van der Waals surface area contributed by atoms with E-state index in [0.29, 0.717) is 18.9 Å². The highest BCUT2D eigenvalue weighted by atomic mass is 16.3. The third-order valence-corrected chi connectivity index (χ3v) is 7.87. The maximum Gasteiger partial charge on any atom is 0.227 e. The fraction of sp³-hybridized carbons (Fsp3) is 0.517. The van der Waals surface area contributed by atoms with Gasteiger partial charge in [-0.3, -0.25) is 14.7 Å². The Labute approximate surface area is 203 Å². The molecule has 3 fully saturated rings. The summed E-state index contributed by atoms with van der Waals surface area (Å²) in [5, 5.41) is 10.2. The second-order valence-electron chi connectivity index (χ2n) is 10.0. The highest BCUT2D eigenvalue weighted by Gasteiger charge is 2.49. The molecule has 1 saturated carbocycles. The van der Waals surface area contributed by atoms with Crippen LogP contribution in [0.2, 0.25) is 0 Å². The molecular weight excluding hydrogens is 422 g/mol. The predicted molar refractivity (Wildman–Crippen MR) is 133 cm³/mol. The van der Waals surface area contributed by atoms with E-state index in [4.69, 9.17) is 0 Å². The van der Waals surface area contributed by atoms with Gasteiger partial charge in [0, 0.05) is 55.0 Å². The first-order valence-electron chi connectivity index (χ1n) is 12.9. The van der Waals surface area contributed by atoms with Crippen LogP contribution in [0.3, 0.4) is 0 Å².